The third kappa shape index (κ3) is 3.38. The number of hydrogen-bond acceptors (Lipinski definition) is 4. The molecule has 78 valence electrons. The lowest BCUT2D eigenvalue weighted by atomic mass is 10.5. The molecule has 1 aromatic rings. The largest absolute Gasteiger partial charge is 0.369 e. The van der Waals surface area contributed by atoms with Crippen molar-refractivity contribution in [1.82, 2.24) is 14.9 Å². The van der Waals surface area contributed by atoms with Crippen LogP contribution >= 0.6 is 22.6 Å². The number of nitrogens with zero attached hydrogens (tertiary/aromatic N) is 3. The van der Waals surface area contributed by atoms with Gasteiger partial charge >= 0.3 is 0 Å². The van der Waals surface area contributed by atoms with Gasteiger partial charge in [-0.2, -0.15) is 0 Å². The van der Waals surface area contributed by atoms with Crippen LogP contribution in [0.3, 0.4) is 0 Å². The Balaban J connectivity index is 2.83. The number of halogens is 1. The van der Waals surface area contributed by atoms with Crippen LogP contribution in [-0.4, -0.2) is 35.5 Å². The van der Waals surface area contributed by atoms with Gasteiger partial charge in [-0.3, -0.25) is 0 Å². The molecule has 1 rings (SSSR count). The second kappa shape index (κ2) is 5.45. The van der Waals surface area contributed by atoms with E-state index in [-0.39, 0.29) is 0 Å². The molecule has 1 heterocycles. The molecule has 5 heteroatoms. The van der Waals surface area contributed by atoms with Crippen LogP contribution in [-0.2, 0) is 6.54 Å². The summed E-state index contributed by atoms with van der Waals surface area (Å²) in [5, 5.41) is 3.21. The van der Waals surface area contributed by atoms with Crippen molar-refractivity contribution in [2.75, 3.05) is 26.0 Å². The zero-order chi connectivity index (χ0) is 10.6. The molecule has 0 spiro atoms. The van der Waals surface area contributed by atoms with Crippen molar-refractivity contribution in [1.29, 1.82) is 0 Å². The smallest absolute Gasteiger partial charge is 0.144 e. The van der Waals surface area contributed by atoms with Gasteiger partial charge < -0.3 is 10.2 Å². The maximum Gasteiger partial charge on any atom is 0.144 e. The van der Waals surface area contributed by atoms with Crippen LogP contribution in [0.4, 0.5) is 5.82 Å². The quantitative estimate of drug-likeness (QED) is 0.858. The highest BCUT2D eigenvalue weighted by Gasteiger charge is 2.04. The molecule has 0 aliphatic heterocycles. The maximum absolute atomic E-state index is 4.43. The molecule has 0 saturated heterocycles. The molecular weight excluding hydrogens is 291 g/mol. The highest BCUT2D eigenvalue weighted by molar-refractivity contribution is 14.1. The summed E-state index contributed by atoms with van der Waals surface area (Å²) >= 11 is 2.23. The first-order valence-corrected chi connectivity index (χ1v) is 5.61. The van der Waals surface area contributed by atoms with E-state index in [0.29, 0.717) is 0 Å². The molecule has 0 unspecified atom stereocenters. The molecule has 0 atom stereocenters. The minimum absolute atomic E-state index is 0.773. The molecule has 0 aromatic carbocycles. The van der Waals surface area contributed by atoms with E-state index in [9.17, 15) is 0 Å². The van der Waals surface area contributed by atoms with Crippen molar-refractivity contribution in [2.24, 2.45) is 0 Å². The number of anilines is 1. The van der Waals surface area contributed by atoms with Crippen molar-refractivity contribution >= 4 is 28.4 Å². The van der Waals surface area contributed by atoms with Crippen LogP contribution in [0.1, 0.15) is 12.7 Å². The Morgan fingerprint density at radius 3 is 2.79 bits per heavy atom. The summed E-state index contributed by atoms with van der Waals surface area (Å²) in [6.45, 7) is 3.72. The lowest BCUT2D eigenvalue weighted by molar-refractivity contribution is 0.390. The van der Waals surface area contributed by atoms with Gasteiger partial charge in [0, 0.05) is 12.7 Å². The minimum Gasteiger partial charge on any atom is -0.369 e. The van der Waals surface area contributed by atoms with E-state index in [1.807, 2.05) is 20.3 Å². The first kappa shape index (κ1) is 11.6. The summed E-state index contributed by atoms with van der Waals surface area (Å²) in [6, 6.07) is 0. The zero-order valence-corrected chi connectivity index (χ0v) is 10.9. The fourth-order valence-electron chi connectivity index (χ4n) is 1.05. The Morgan fingerprint density at radius 1 is 1.50 bits per heavy atom. The maximum atomic E-state index is 4.43. The monoisotopic (exact) mass is 306 g/mol. The zero-order valence-electron chi connectivity index (χ0n) is 8.71. The van der Waals surface area contributed by atoms with Gasteiger partial charge in [0.15, 0.2) is 0 Å². The molecule has 4 nitrogen and oxygen atoms in total. The standard InChI is InChI=1S/C9H15IN4/c1-4-11-9-7(10)5-12-8(13-9)6-14(2)3/h5H,4,6H2,1-3H3,(H,11,12,13). The number of aromatic nitrogens is 2. The first-order chi connectivity index (χ1) is 6.63. The molecule has 0 aliphatic carbocycles. The third-order valence-corrected chi connectivity index (χ3v) is 2.39. The third-order valence-electron chi connectivity index (χ3n) is 1.60. The topological polar surface area (TPSA) is 41.1 Å². The summed E-state index contributed by atoms with van der Waals surface area (Å²) in [4.78, 5) is 10.7. The van der Waals surface area contributed by atoms with Gasteiger partial charge in [-0.25, -0.2) is 9.97 Å². The van der Waals surface area contributed by atoms with Crippen molar-refractivity contribution in [3.63, 3.8) is 0 Å². The number of nitrogens with one attached hydrogen (secondary N) is 1. The predicted octanol–water partition coefficient (Wildman–Crippen LogP) is 1.57. The van der Waals surface area contributed by atoms with Gasteiger partial charge in [-0.1, -0.05) is 0 Å². The molecule has 0 amide bonds. The van der Waals surface area contributed by atoms with Crippen LogP contribution in [0, 0.1) is 3.57 Å². The number of rotatable bonds is 4. The van der Waals surface area contributed by atoms with E-state index < -0.39 is 0 Å². The van der Waals surface area contributed by atoms with E-state index in [1.54, 1.807) is 0 Å². The Labute approximate surface area is 98.3 Å². The molecule has 14 heavy (non-hydrogen) atoms. The lowest BCUT2D eigenvalue weighted by Crippen LogP contribution is -2.14. The molecule has 0 aliphatic rings. The highest BCUT2D eigenvalue weighted by atomic mass is 127. The molecule has 0 radical (unpaired) electrons. The van der Waals surface area contributed by atoms with Crippen LogP contribution < -0.4 is 5.32 Å². The summed E-state index contributed by atoms with van der Waals surface area (Å²) in [6.07, 6.45) is 1.85. The van der Waals surface area contributed by atoms with Crippen LogP contribution in [0.25, 0.3) is 0 Å². The predicted molar refractivity (Wildman–Crippen MR) is 66.3 cm³/mol. The Hall–Kier alpha value is -0.430. The van der Waals surface area contributed by atoms with Crippen LogP contribution in [0.2, 0.25) is 0 Å². The first-order valence-electron chi connectivity index (χ1n) is 4.53. The number of hydrogen-bond donors (Lipinski definition) is 1. The van der Waals surface area contributed by atoms with Gasteiger partial charge in [0.2, 0.25) is 0 Å². The fraction of sp³-hybridized carbons (Fsp3) is 0.556. The van der Waals surface area contributed by atoms with E-state index in [0.717, 1.165) is 28.3 Å². The van der Waals surface area contributed by atoms with Gasteiger partial charge in [0.1, 0.15) is 11.6 Å². The van der Waals surface area contributed by atoms with Crippen molar-refractivity contribution in [3.8, 4) is 0 Å². The van der Waals surface area contributed by atoms with Gasteiger partial charge in [0.25, 0.3) is 0 Å². The summed E-state index contributed by atoms with van der Waals surface area (Å²) in [5.74, 6) is 1.78. The summed E-state index contributed by atoms with van der Waals surface area (Å²) in [7, 11) is 4.02. The average molecular weight is 306 g/mol. The van der Waals surface area contributed by atoms with Crippen LogP contribution in [0.15, 0.2) is 6.20 Å². The van der Waals surface area contributed by atoms with Crippen LogP contribution in [0.5, 0.6) is 0 Å². The Bertz CT molecular complexity index is 301. The fourth-order valence-corrected chi connectivity index (χ4v) is 1.50. The normalized spacial score (nSPS) is 10.6. The molecular formula is C9H15IN4. The second-order valence-corrected chi connectivity index (χ2v) is 4.41. The highest BCUT2D eigenvalue weighted by Crippen LogP contribution is 2.13. The van der Waals surface area contributed by atoms with Crippen molar-refractivity contribution < 1.29 is 0 Å². The van der Waals surface area contributed by atoms with E-state index >= 15 is 0 Å². The molecule has 1 aromatic heterocycles. The SMILES string of the molecule is CCNc1nc(CN(C)C)ncc1I. The van der Waals surface area contributed by atoms with E-state index in [2.05, 4.69) is 49.7 Å². The summed E-state index contributed by atoms with van der Waals surface area (Å²) in [5.41, 5.74) is 0. The van der Waals surface area contributed by atoms with Gasteiger partial charge in [-0.15, -0.1) is 0 Å². The summed E-state index contributed by atoms with van der Waals surface area (Å²) < 4.78 is 1.06. The molecule has 0 saturated carbocycles. The molecule has 0 fully saturated rings. The van der Waals surface area contributed by atoms with E-state index in [4.69, 9.17) is 0 Å². The minimum atomic E-state index is 0.773. The average Bonchev–Trinajstić information content (AvgIpc) is 2.10. The van der Waals surface area contributed by atoms with Gasteiger partial charge in [-0.05, 0) is 43.6 Å². The van der Waals surface area contributed by atoms with Gasteiger partial charge in [0.05, 0.1) is 10.1 Å². The second-order valence-electron chi connectivity index (χ2n) is 3.25. The van der Waals surface area contributed by atoms with Crippen molar-refractivity contribution in [2.45, 2.75) is 13.5 Å². The Morgan fingerprint density at radius 2 is 2.21 bits per heavy atom. The van der Waals surface area contributed by atoms with E-state index in [1.165, 1.54) is 0 Å². The van der Waals surface area contributed by atoms with Crippen molar-refractivity contribution in [3.05, 3.63) is 15.6 Å². The molecule has 0 bridgehead atoms. The lowest BCUT2D eigenvalue weighted by Gasteiger charge is -2.10. The molecule has 1 N–H and O–H groups in total. The Kier molecular flexibility index (Phi) is 4.53.